The number of carbonyl (C=O) groups excluding carboxylic acids is 1. The van der Waals surface area contributed by atoms with Crippen molar-refractivity contribution in [2.24, 2.45) is 4.99 Å². The second-order valence-corrected chi connectivity index (χ2v) is 6.78. The minimum absolute atomic E-state index is 0.0350. The van der Waals surface area contributed by atoms with Gasteiger partial charge in [0.1, 0.15) is 5.75 Å². The summed E-state index contributed by atoms with van der Waals surface area (Å²) in [4.78, 5) is 16.6. The molecule has 130 valence electrons. The van der Waals surface area contributed by atoms with Crippen molar-refractivity contribution in [1.29, 1.82) is 0 Å². The number of hydrogen-bond acceptors (Lipinski definition) is 3. The Bertz CT molecular complexity index is 975. The Hall–Kier alpha value is -2.63. The molecule has 0 bridgehead atoms. The summed E-state index contributed by atoms with van der Waals surface area (Å²) in [6.07, 6.45) is 1.52. The topological polar surface area (TPSA) is 61.7 Å². The average molecular weight is 430 g/mol. The van der Waals surface area contributed by atoms with Gasteiger partial charge in [0, 0.05) is 27.5 Å². The lowest BCUT2D eigenvalue weighted by Crippen LogP contribution is -2.11. The molecule has 2 N–H and O–H groups in total. The molecule has 6 heteroatoms. The van der Waals surface area contributed by atoms with Crippen molar-refractivity contribution in [3.8, 4) is 5.75 Å². The van der Waals surface area contributed by atoms with E-state index in [9.17, 15) is 9.90 Å². The van der Waals surface area contributed by atoms with Gasteiger partial charge in [-0.05, 0) is 42.5 Å². The van der Waals surface area contributed by atoms with Crippen LogP contribution in [0, 0.1) is 0 Å². The van der Waals surface area contributed by atoms with E-state index in [0.29, 0.717) is 22.5 Å². The number of nitrogens with zero attached hydrogens (tertiary/aromatic N) is 1. The fourth-order valence-electron chi connectivity index (χ4n) is 2.29. The maximum Gasteiger partial charge on any atom is 0.255 e. The number of halogens is 2. The number of aromatic hydroxyl groups is 1. The maximum absolute atomic E-state index is 12.2. The molecule has 0 aliphatic rings. The number of rotatable bonds is 4. The Kier molecular flexibility index (Phi) is 5.71. The molecule has 26 heavy (non-hydrogen) atoms. The lowest BCUT2D eigenvalue weighted by Gasteiger charge is -2.06. The van der Waals surface area contributed by atoms with Crippen molar-refractivity contribution in [3.05, 3.63) is 87.4 Å². The van der Waals surface area contributed by atoms with E-state index in [1.54, 1.807) is 48.5 Å². The molecule has 3 rings (SSSR count). The largest absolute Gasteiger partial charge is 0.506 e. The Morgan fingerprint density at radius 3 is 2.62 bits per heavy atom. The number of anilines is 1. The molecule has 0 radical (unpaired) electrons. The third-order valence-electron chi connectivity index (χ3n) is 3.55. The van der Waals surface area contributed by atoms with Gasteiger partial charge in [-0.3, -0.25) is 9.79 Å². The minimum atomic E-state index is -0.192. The van der Waals surface area contributed by atoms with E-state index < -0.39 is 0 Å². The van der Waals surface area contributed by atoms with E-state index in [-0.39, 0.29) is 16.7 Å². The molecule has 0 saturated carbocycles. The van der Waals surface area contributed by atoms with Crippen LogP contribution in [0.5, 0.6) is 5.75 Å². The van der Waals surface area contributed by atoms with Crippen LogP contribution in [-0.2, 0) is 0 Å². The summed E-state index contributed by atoms with van der Waals surface area (Å²) < 4.78 is 0.741. The SMILES string of the molecule is O=C(Nc1cccc(N=Cc2cc(Br)cc(Cl)c2O)c1)c1ccccc1. The predicted octanol–water partition coefficient (Wildman–Crippen LogP) is 5.81. The number of phenols is 1. The molecule has 0 aliphatic heterocycles. The Balaban J connectivity index is 1.79. The zero-order valence-electron chi connectivity index (χ0n) is 13.5. The van der Waals surface area contributed by atoms with Crippen LogP contribution >= 0.6 is 27.5 Å². The summed E-state index contributed by atoms with van der Waals surface area (Å²) in [6.45, 7) is 0. The minimum Gasteiger partial charge on any atom is -0.506 e. The molecule has 0 fully saturated rings. The van der Waals surface area contributed by atoms with Crippen molar-refractivity contribution >= 4 is 51.0 Å². The van der Waals surface area contributed by atoms with Crippen molar-refractivity contribution < 1.29 is 9.90 Å². The van der Waals surface area contributed by atoms with E-state index in [4.69, 9.17) is 11.6 Å². The van der Waals surface area contributed by atoms with Gasteiger partial charge in [-0.25, -0.2) is 0 Å². The van der Waals surface area contributed by atoms with Gasteiger partial charge in [0.05, 0.1) is 10.7 Å². The van der Waals surface area contributed by atoms with Crippen LogP contribution < -0.4 is 5.32 Å². The zero-order valence-corrected chi connectivity index (χ0v) is 15.8. The van der Waals surface area contributed by atoms with Gasteiger partial charge in [0.2, 0.25) is 0 Å². The highest BCUT2D eigenvalue weighted by molar-refractivity contribution is 9.10. The molecule has 0 heterocycles. The second-order valence-electron chi connectivity index (χ2n) is 5.45. The van der Waals surface area contributed by atoms with E-state index >= 15 is 0 Å². The zero-order chi connectivity index (χ0) is 18.5. The first-order valence-corrected chi connectivity index (χ1v) is 8.88. The summed E-state index contributed by atoms with van der Waals surface area (Å²) in [5.41, 5.74) is 2.33. The number of amides is 1. The van der Waals surface area contributed by atoms with E-state index in [2.05, 4.69) is 26.2 Å². The number of benzene rings is 3. The third-order valence-corrected chi connectivity index (χ3v) is 4.30. The predicted molar refractivity (Wildman–Crippen MR) is 109 cm³/mol. The van der Waals surface area contributed by atoms with E-state index in [0.717, 1.165) is 4.47 Å². The van der Waals surface area contributed by atoms with Gasteiger partial charge >= 0.3 is 0 Å². The summed E-state index contributed by atoms with van der Waals surface area (Å²) in [5.74, 6) is -0.227. The molecule has 0 saturated heterocycles. The van der Waals surface area contributed by atoms with Crippen LogP contribution in [0.15, 0.2) is 76.2 Å². The van der Waals surface area contributed by atoms with Crippen LogP contribution in [-0.4, -0.2) is 17.2 Å². The Morgan fingerprint density at radius 2 is 1.85 bits per heavy atom. The number of carbonyl (C=O) groups is 1. The highest BCUT2D eigenvalue weighted by atomic mass is 79.9. The lowest BCUT2D eigenvalue weighted by atomic mass is 10.2. The summed E-state index contributed by atoms with van der Waals surface area (Å²) >= 11 is 9.28. The third kappa shape index (κ3) is 4.50. The number of hydrogen-bond donors (Lipinski definition) is 2. The summed E-state index contributed by atoms with van der Waals surface area (Å²) in [6, 6.07) is 19.4. The average Bonchev–Trinajstić information content (AvgIpc) is 2.64. The first-order chi connectivity index (χ1) is 12.5. The molecule has 0 aromatic heterocycles. The fourth-order valence-corrected chi connectivity index (χ4v) is 3.12. The van der Waals surface area contributed by atoms with Gasteiger partial charge in [0.25, 0.3) is 5.91 Å². The standard InChI is InChI=1S/C20H14BrClN2O2/c21-15-9-14(19(25)18(22)10-15)12-23-16-7-4-8-17(11-16)24-20(26)13-5-2-1-3-6-13/h1-12,25H,(H,24,26). The van der Waals surface area contributed by atoms with Crippen LogP contribution in [0.3, 0.4) is 0 Å². The van der Waals surface area contributed by atoms with Gasteiger partial charge in [-0.2, -0.15) is 0 Å². The van der Waals surface area contributed by atoms with Crippen molar-refractivity contribution in [2.75, 3.05) is 5.32 Å². The number of aliphatic imine (C=N–C) groups is 1. The molecule has 0 atom stereocenters. The first kappa shape index (κ1) is 18.2. The molecule has 3 aromatic carbocycles. The van der Waals surface area contributed by atoms with Crippen molar-refractivity contribution in [2.45, 2.75) is 0 Å². The molecular weight excluding hydrogens is 416 g/mol. The Morgan fingerprint density at radius 1 is 1.08 bits per heavy atom. The second kappa shape index (κ2) is 8.17. The first-order valence-electron chi connectivity index (χ1n) is 7.71. The molecule has 0 spiro atoms. The number of phenolic OH excluding ortho intramolecular Hbond substituents is 1. The van der Waals surface area contributed by atoms with E-state index in [1.807, 2.05) is 18.2 Å². The molecule has 4 nitrogen and oxygen atoms in total. The molecule has 1 amide bonds. The summed E-state index contributed by atoms with van der Waals surface area (Å²) in [7, 11) is 0. The van der Waals surface area contributed by atoms with Crippen LogP contribution in [0.25, 0.3) is 0 Å². The summed E-state index contributed by atoms with van der Waals surface area (Å²) in [5, 5.41) is 13.1. The fraction of sp³-hybridized carbons (Fsp3) is 0. The normalized spacial score (nSPS) is 10.8. The van der Waals surface area contributed by atoms with Gasteiger partial charge in [0.15, 0.2) is 0 Å². The van der Waals surface area contributed by atoms with Crippen molar-refractivity contribution in [1.82, 2.24) is 0 Å². The molecule has 3 aromatic rings. The van der Waals surface area contributed by atoms with Crippen LogP contribution in [0.2, 0.25) is 5.02 Å². The highest BCUT2D eigenvalue weighted by Gasteiger charge is 2.07. The quantitative estimate of drug-likeness (QED) is 0.514. The molecule has 0 unspecified atom stereocenters. The van der Waals surface area contributed by atoms with Gasteiger partial charge < -0.3 is 10.4 Å². The number of nitrogens with one attached hydrogen (secondary N) is 1. The smallest absolute Gasteiger partial charge is 0.255 e. The van der Waals surface area contributed by atoms with Crippen LogP contribution in [0.4, 0.5) is 11.4 Å². The Labute approximate surface area is 164 Å². The lowest BCUT2D eigenvalue weighted by molar-refractivity contribution is 0.102. The highest BCUT2D eigenvalue weighted by Crippen LogP contribution is 2.30. The van der Waals surface area contributed by atoms with Crippen molar-refractivity contribution in [3.63, 3.8) is 0 Å². The molecule has 0 aliphatic carbocycles. The van der Waals surface area contributed by atoms with Gasteiger partial charge in [-0.1, -0.05) is 51.8 Å². The van der Waals surface area contributed by atoms with E-state index in [1.165, 1.54) is 6.21 Å². The maximum atomic E-state index is 12.2. The monoisotopic (exact) mass is 428 g/mol. The van der Waals surface area contributed by atoms with Crippen LogP contribution in [0.1, 0.15) is 15.9 Å². The molecular formula is C20H14BrClN2O2. The van der Waals surface area contributed by atoms with Gasteiger partial charge in [-0.15, -0.1) is 0 Å².